The molecule has 1 saturated heterocycles. The maximum absolute atomic E-state index is 13.0. The Morgan fingerprint density at radius 1 is 1.21 bits per heavy atom. The number of rotatable bonds is 8. The second kappa shape index (κ2) is 10.2. The van der Waals surface area contributed by atoms with Gasteiger partial charge in [-0.15, -0.1) is 0 Å². The van der Waals surface area contributed by atoms with E-state index in [1.807, 2.05) is 26.0 Å². The van der Waals surface area contributed by atoms with Crippen molar-refractivity contribution < 1.29 is 28.0 Å². The molecule has 11 heteroatoms. The number of phosphoric ester groups is 1. The third kappa shape index (κ3) is 6.50. The van der Waals surface area contributed by atoms with Crippen LogP contribution in [0.3, 0.4) is 0 Å². The summed E-state index contributed by atoms with van der Waals surface area (Å²) in [6, 6.07) is 14.3. The van der Waals surface area contributed by atoms with Crippen LogP contribution in [0.2, 0.25) is 5.02 Å². The number of aromatic nitrogens is 1. The monoisotopic (exact) mass is 525 g/mol. The molecular weight excluding hydrogens is 501 g/mol. The molecule has 1 aliphatic rings. The average molecular weight is 526 g/mol. The van der Waals surface area contributed by atoms with E-state index in [2.05, 4.69) is 4.98 Å². The van der Waals surface area contributed by atoms with Gasteiger partial charge in [0.15, 0.2) is 0 Å². The van der Waals surface area contributed by atoms with Gasteiger partial charge in [0.2, 0.25) is 5.88 Å². The highest BCUT2D eigenvalue weighted by atomic mass is 35.5. The zero-order valence-corrected chi connectivity index (χ0v) is 21.1. The van der Waals surface area contributed by atoms with Crippen LogP contribution in [0.25, 0.3) is 0 Å². The Kier molecular flexibility index (Phi) is 7.52. The van der Waals surface area contributed by atoms with Gasteiger partial charge in [0.1, 0.15) is 18.5 Å². The molecule has 0 bridgehead atoms. The van der Waals surface area contributed by atoms with Crippen molar-refractivity contribution in [2.45, 2.75) is 26.4 Å². The molecule has 8 nitrogen and oxygen atoms in total. The summed E-state index contributed by atoms with van der Waals surface area (Å²) in [5, 5.41) is 10.3. The maximum atomic E-state index is 13.0. The smallest absolute Gasteiger partial charge is 0.475 e. The summed E-state index contributed by atoms with van der Waals surface area (Å²) in [4.78, 5) is 14.0. The molecule has 1 aromatic heterocycles. The quantitative estimate of drug-likeness (QED) is 0.363. The minimum Gasteiger partial charge on any atom is -0.494 e. The summed E-state index contributed by atoms with van der Waals surface area (Å²) in [6.45, 7) is 4.45. The number of ether oxygens (including phenoxy) is 1. The van der Waals surface area contributed by atoms with Gasteiger partial charge in [0.25, 0.3) is 0 Å². The van der Waals surface area contributed by atoms with Crippen molar-refractivity contribution in [3.05, 3.63) is 79.2 Å². The van der Waals surface area contributed by atoms with Crippen LogP contribution in [0, 0.1) is 5.41 Å². The molecular formula is C23H25ClNO7PS. The van der Waals surface area contributed by atoms with Gasteiger partial charge in [-0.3, -0.25) is 23.3 Å². The molecule has 3 aromatic rings. The van der Waals surface area contributed by atoms with E-state index < -0.39 is 13.9 Å². The Morgan fingerprint density at radius 3 is 2.53 bits per heavy atom. The molecule has 2 aromatic carbocycles. The molecule has 1 fully saturated rings. The number of H-pyrrole nitrogens is 1. The van der Waals surface area contributed by atoms with Crippen molar-refractivity contribution in [2.75, 3.05) is 19.8 Å². The zero-order valence-electron chi connectivity index (χ0n) is 18.7. The molecule has 0 amide bonds. The van der Waals surface area contributed by atoms with E-state index in [1.54, 1.807) is 36.4 Å². The predicted molar refractivity (Wildman–Crippen MR) is 130 cm³/mol. The standard InChI is InChI=1S/C23H25ClNO7PS/c1-23(2)13-30-33(28,31-14-23)32-19(16-4-3-5-17(24)11-16)12-29-18-8-6-15(7-9-18)10-20-21(26)25-22(27)34-20/h3-9,11,19,26H,10,12-14H2,1-2H3,(H,25,27). The van der Waals surface area contributed by atoms with Crippen LogP contribution in [0.4, 0.5) is 0 Å². The predicted octanol–water partition coefficient (Wildman–Crippen LogP) is 5.70. The zero-order chi connectivity index (χ0) is 24.3. The molecule has 1 atom stereocenters. The van der Waals surface area contributed by atoms with Crippen LogP contribution in [0.15, 0.2) is 53.3 Å². The first-order chi connectivity index (χ1) is 16.1. The summed E-state index contributed by atoms with van der Waals surface area (Å²) in [6.07, 6.45) is -0.336. The van der Waals surface area contributed by atoms with E-state index in [0.29, 0.717) is 27.6 Å². The molecule has 1 unspecified atom stereocenters. The number of hydrogen-bond donors (Lipinski definition) is 2. The van der Waals surface area contributed by atoms with Crippen molar-refractivity contribution in [1.82, 2.24) is 4.98 Å². The normalized spacial score (nSPS) is 17.9. The van der Waals surface area contributed by atoms with Crippen molar-refractivity contribution in [2.24, 2.45) is 5.41 Å². The van der Waals surface area contributed by atoms with E-state index in [0.717, 1.165) is 16.9 Å². The van der Waals surface area contributed by atoms with Gasteiger partial charge in [-0.25, -0.2) is 4.57 Å². The molecule has 0 radical (unpaired) electrons. The Hall–Kier alpha value is -2.13. The molecule has 34 heavy (non-hydrogen) atoms. The Labute approximate surface area is 206 Å². The van der Waals surface area contributed by atoms with Gasteiger partial charge in [-0.2, -0.15) is 0 Å². The summed E-state index contributed by atoms with van der Waals surface area (Å²) in [7, 11) is -3.77. The molecule has 4 rings (SSSR count). The van der Waals surface area contributed by atoms with E-state index in [4.69, 9.17) is 29.9 Å². The number of benzene rings is 2. The maximum Gasteiger partial charge on any atom is 0.475 e. The molecule has 2 heterocycles. The lowest BCUT2D eigenvalue weighted by molar-refractivity contribution is -0.0189. The van der Waals surface area contributed by atoms with Crippen LogP contribution in [-0.4, -0.2) is 29.9 Å². The Balaban J connectivity index is 1.44. The van der Waals surface area contributed by atoms with Gasteiger partial charge in [0.05, 0.1) is 18.1 Å². The number of aromatic amines is 1. The lowest BCUT2D eigenvalue weighted by Crippen LogP contribution is -2.30. The molecule has 182 valence electrons. The lowest BCUT2D eigenvalue weighted by Gasteiger charge is -2.34. The summed E-state index contributed by atoms with van der Waals surface area (Å²) in [5.74, 6) is 0.456. The fourth-order valence-electron chi connectivity index (χ4n) is 3.23. The second-order valence-corrected chi connectivity index (χ2v) is 11.9. The SMILES string of the molecule is CC1(C)COP(=O)(OC(COc2ccc(Cc3sc(=O)[nH]c3O)cc2)c2cccc(Cl)c2)OC1. The van der Waals surface area contributed by atoms with Crippen molar-refractivity contribution in [3.63, 3.8) is 0 Å². The molecule has 2 N–H and O–H groups in total. The topological polar surface area (TPSA) is 107 Å². The Morgan fingerprint density at radius 2 is 1.91 bits per heavy atom. The van der Waals surface area contributed by atoms with Crippen LogP contribution in [0.5, 0.6) is 11.6 Å². The van der Waals surface area contributed by atoms with Gasteiger partial charge in [0, 0.05) is 16.9 Å². The first kappa shape index (κ1) is 25.0. The minimum absolute atomic E-state index is 0.0417. The fourth-order valence-corrected chi connectivity index (χ4v) is 5.89. The van der Waals surface area contributed by atoms with Gasteiger partial charge < -0.3 is 9.84 Å². The van der Waals surface area contributed by atoms with Crippen LogP contribution in [0.1, 0.15) is 36.0 Å². The average Bonchev–Trinajstić information content (AvgIpc) is 3.11. The first-order valence-corrected chi connectivity index (χ1v) is 13.2. The largest absolute Gasteiger partial charge is 0.494 e. The number of aromatic hydroxyl groups is 1. The number of thiazole rings is 1. The molecule has 1 aliphatic heterocycles. The first-order valence-electron chi connectivity index (χ1n) is 10.6. The van der Waals surface area contributed by atoms with Crippen LogP contribution >= 0.6 is 30.8 Å². The number of halogens is 1. The molecule has 0 saturated carbocycles. The number of nitrogens with one attached hydrogen (secondary N) is 1. The summed E-state index contributed by atoms with van der Waals surface area (Å²) < 4.78 is 35.7. The fraction of sp³-hybridized carbons (Fsp3) is 0.348. The highest BCUT2D eigenvalue weighted by molar-refractivity contribution is 7.48. The lowest BCUT2D eigenvalue weighted by atomic mass is 9.97. The van der Waals surface area contributed by atoms with Crippen LogP contribution < -0.4 is 9.61 Å². The van der Waals surface area contributed by atoms with Crippen LogP contribution in [-0.2, 0) is 24.6 Å². The minimum atomic E-state index is -3.77. The highest BCUT2D eigenvalue weighted by Crippen LogP contribution is 2.57. The Bertz CT molecular complexity index is 1230. The second-order valence-electron chi connectivity index (χ2n) is 8.73. The molecule has 0 spiro atoms. The number of phosphoric acid groups is 1. The summed E-state index contributed by atoms with van der Waals surface area (Å²) in [5.41, 5.74) is 1.32. The van der Waals surface area contributed by atoms with E-state index >= 15 is 0 Å². The number of hydrogen-bond acceptors (Lipinski definition) is 8. The molecule has 0 aliphatic carbocycles. The highest BCUT2D eigenvalue weighted by Gasteiger charge is 2.40. The van der Waals surface area contributed by atoms with Gasteiger partial charge in [-0.05, 0) is 35.4 Å². The van der Waals surface area contributed by atoms with Crippen molar-refractivity contribution >= 4 is 30.8 Å². The van der Waals surface area contributed by atoms with Crippen molar-refractivity contribution in [1.29, 1.82) is 0 Å². The third-order valence-electron chi connectivity index (χ3n) is 5.09. The van der Waals surface area contributed by atoms with Gasteiger partial charge in [-0.1, -0.05) is 61.1 Å². The van der Waals surface area contributed by atoms with E-state index in [-0.39, 0.29) is 36.0 Å². The van der Waals surface area contributed by atoms with Crippen molar-refractivity contribution in [3.8, 4) is 11.6 Å². The van der Waals surface area contributed by atoms with E-state index in [1.165, 1.54) is 0 Å². The third-order valence-corrected chi connectivity index (χ3v) is 7.60. The summed E-state index contributed by atoms with van der Waals surface area (Å²) >= 11 is 7.12. The van der Waals surface area contributed by atoms with Gasteiger partial charge >= 0.3 is 12.7 Å². The van der Waals surface area contributed by atoms with E-state index in [9.17, 15) is 14.5 Å².